The molecule has 2 fully saturated rings. The summed E-state index contributed by atoms with van der Waals surface area (Å²) in [5, 5.41) is 7.32. The van der Waals surface area contributed by atoms with Crippen LogP contribution in [0.4, 0.5) is 8.78 Å². The lowest BCUT2D eigenvalue weighted by Crippen LogP contribution is -2.33. The van der Waals surface area contributed by atoms with Crippen molar-refractivity contribution in [2.75, 3.05) is 13.6 Å². The summed E-state index contributed by atoms with van der Waals surface area (Å²) in [5.41, 5.74) is 1.23. The minimum atomic E-state index is -1.27. The van der Waals surface area contributed by atoms with E-state index in [1.807, 2.05) is 18.2 Å². The van der Waals surface area contributed by atoms with E-state index >= 15 is 0 Å². The van der Waals surface area contributed by atoms with Crippen LogP contribution in [0.15, 0.2) is 48.5 Å². The molecule has 0 aromatic heterocycles. The zero-order valence-corrected chi connectivity index (χ0v) is 19.7. The number of likely N-dealkylation sites (N-methyl/N-ethyl adjacent to an activating group) is 1. The molecule has 0 bridgehead atoms. The van der Waals surface area contributed by atoms with Gasteiger partial charge in [-0.1, -0.05) is 55.5 Å². The Morgan fingerprint density at radius 3 is 2.09 bits per heavy atom. The van der Waals surface area contributed by atoms with E-state index in [0.29, 0.717) is 42.9 Å². The van der Waals surface area contributed by atoms with E-state index < -0.39 is 11.3 Å². The van der Waals surface area contributed by atoms with E-state index in [1.54, 1.807) is 6.07 Å². The summed E-state index contributed by atoms with van der Waals surface area (Å²) in [6.07, 6.45) is 6.27. The maximum Gasteiger partial charge on any atom is 0.136 e. The van der Waals surface area contributed by atoms with Crippen molar-refractivity contribution >= 4 is 0 Å². The van der Waals surface area contributed by atoms with Crippen LogP contribution in [0.5, 0.6) is 0 Å². The van der Waals surface area contributed by atoms with Crippen LogP contribution in [0.3, 0.4) is 0 Å². The van der Waals surface area contributed by atoms with E-state index in [-0.39, 0.29) is 0 Å². The first-order chi connectivity index (χ1) is 15.3. The highest BCUT2D eigenvalue weighted by atomic mass is 19.1. The predicted octanol–water partition coefficient (Wildman–Crippen LogP) is 7.02. The molecule has 2 nitrogen and oxygen atoms in total. The highest BCUT2D eigenvalue weighted by Crippen LogP contribution is 2.58. The molecule has 0 heterocycles. The van der Waals surface area contributed by atoms with Gasteiger partial charge in [-0.15, -0.1) is 0 Å². The smallest absolute Gasteiger partial charge is 0.136 e. The third-order valence-electron chi connectivity index (χ3n) is 6.88. The Morgan fingerprint density at radius 1 is 0.938 bits per heavy atom. The van der Waals surface area contributed by atoms with Crippen molar-refractivity contribution in [3.05, 3.63) is 70.8 Å². The van der Waals surface area contributed by atoms with E-state index in [4.69, 9.17) is 5.26 Å². The maximum absolute atomic E-state index is 14.9. The fourth-order valence-electron chi connectivity index (χ4n) is 4.47. The van der Waals surface area contributed by atoms with Crippen molar-refractivity contribution in [1.29, 1.82) is 5.26 Å². The fourth-order valence-corrected chi connectivity index (χ4v) is 4.47. The highest BCUT2D eigenvalue weighted by molar-refractivity contribution is 5.44. The Labute approximate surface area is 192 Å². The van der Waals surface area contributed by atoms with Crippen LogP contribution in [-0.4, -0.2) is 24.5 Å². The van der Waals surface area contributed by atoms with Gasteiger partial charge in [0, 0.05) is 19.5 Å². The van der Waals surface area contributed by atoms with Crippen LogP contribution in [-0.2, 0) is 24.2 Å². The van der Waals surface area contributed by atoms with E-state index in [9.17, 15) is 8.78 Å². The molecule has 172 valence electrons. The van der Waals surface area contributed by atoms with Gasteiger partial charge in [-0.25, -0.2) is 8.78 Å². The lowest BCUT2D eigenvalue weighted by Gasteiger charge is -2.27. The Morgan fingerprint density at radius 2 is 1.53 bits per heavy atom. The van der Waals surface area contributed by atoms with Gasteiger partial charge in [-0.05, 0) is 80.7 Å². The molecule has 0 spiro atoms. The van der Waals surface area contributed by atoms with Crippen LogP contribution < -0.4 is 0 Å². The Kier molecular flexibility index (Phi) is 8.06. The number of alkyl halides is 2. The monoisotopic (exact) mass is 438 g/mol. The molecule has 0 saturated heterocycles. The number of halogens is 2. The summed E-state index contributed by atoms with van der Waals surface area (Å²) in [6, 6.07) is 18.7. The number of nitrogens with zero attached hydrogens (tertiary/aromatic N) is 2. The summed E-state index contributed by atoms with van der Waals surface area (Å²) < 4.78 is 29.6. The van der Waals surface area contributed by atoms with Crippen LogP contribution in [0.2, 0.25) is 0 Å². The van der Waals surface area contributed by atoms with Crippen molar-refractivity contribution in [3.63, 3.8) is 0 Å². The van der Waals surface area contributed by atoms with Crippen molar-refractivity contribution in [1.82, 2.24) is 4.90 Å². The molecule has 2 aromatic carbocycles. The Balaban J connectivity index is 0.000000913. The Hall–Kier alpha value is -2.25. The SMILES string of the molecule is CC#N.CCC(CCc1ccc(C2(F)CC2)c(C2(F)CC2)c1)N(C)CCc1ccccc1. The fraction of sp³-hybridized carbons (Fsp3) is 0.536. The van der Waals surface area contributed by atoms with Crippen molar-refractivity contribution in [2.45, 2.75) is 82.6 Å². The van der Waals surface area contributed by atoms with Gasteiger partial charge < -0.3 is 4.90 Å². The van der Waals surface area contributed by atoms with Crippen molar-refractivity contribution < 1.29 is 8.78 Å². The molecule has 2 saturated carbocycles. The normalized spacial score (nSPS) is 18.3. The summed E-state index contributed by atoms with van der Waals surface area (Å²) in [7, 11) is 2.20. The average Bonchev–Trinajstić information content (AvgIpc) is 3.73. The first-order valence-electron chi connectivity index (χ1n) is 11.9. The molecule has 0 N–H and O–H groups in total. The van der Waals surface area contributed by atoms with E-state index in [1.165, 1.54) is 12.5 Å². The van der Waals surface area contributed by atoms with Gasteiger partial charge in [-0.2, -0.15) is 5.26 Å². The molecule has 1 unspecified atom stereocenters. The van der Waals surface area contributed by atoms with Gasteiger partial charge in [0.2, 0.25) is 0 Å². The predicted molar refractivity (Wildman–Crippen MR) is 127 cm³/mol. The second-order valence-corrected chi connectivity index (χ2v) is 9.35. The quantitative estimate of drug-likeness (QED) is 0.398. The zero-order valence-electron chi connectivity index (χ0n) is 19.7. The third-order valence-corrected chi connectivity index (χ3v) is 6.88. The molecule has 2 aromatic rings. The summed E-state index contributed by atoms with van der Waals surface area (Å²) in [4.78, 5) is 2.45. The number of rotatable bonds is 10. The number of benzene rings is 2. The summed E-state index contributed by atoms with van der Waals surface area (Å²) in [5.74, 6) is 0. The van der Waals surface area contributed by atoms with E-state index in [2.05, 4.69) is 49.2 Å². The molecule has 1 atom stereocenters. The topological polar surface area (TPSA) is 27.0 Å². The van der Waals surface area contributed by atoms with E-state index in [0.717, 1.165) is 37.8 Å². The molecule has 0 radical (unpaired) electrons. The molecular formula is C28H36F2N2. The van der Waals surface area contributed by atoms with Gasteiger partial charge in [0.1, 0.15) is 11.3 Å². The molecular weight excluding hydrogens is 402 g/mol. The number of aryl methyl sites for hydroxylation is 1. The Bertz CT molecular complexity index is 911. The first kappa shape index (κ1) is 24.4. The minimum Gasteiger partial charge on any atom is -0.303 e. The van der Waals surface area contributed by atoms with Gasteiger partial charge in [0.15, 0.2) is 0 Å². The zero-order chi connectivity index (χ0) is 23.2. The van der Waals surface area contributed by atoms with Gasteiger partial charge in [0.05, 0.1) is 6.07 Å². The van der Waals surface area contributed by atoms with Gasteiger partial charge in [0.25, 0.3) is 0 Å². The highest BCUT2D eigenvalue weighted by Gasteiger charge is 2.53. The van der Waals surface area contributed by atoms with Crippen molar-refractivity contribution in [2.24, 2.45) is 0 Å². The van der Waals surface area contributed by atoms with Crippen LogP contribution in [0, 0.1) is 11.3 Å². The molecule has 2 aliphatic rings. The minimum absolute atomic E-state index is 0.498. The second-order valence-electron chi connectivity index (χ2n) is 9.35. The largest absolute Gasteiger partial charge is 0.303 e. The number of nitriles is 1. The van der Waals surface area contributed by atoms with Gasteiger partial charge >= 0.3 is 0 Å². The summed E-state index contributed by atoms with van der Waals surface area (Å²) in [6.45, 7) is 4.70. The van der Waals surface area contributed by atoms with Crippen LogP contribution in [0.1, 0.15) is 74.6 Å². The van der Waals surface area contributed by atoms with Crippen LogP contribution >= 0.6 is 0 Å². The first-order valence-corrected chi connectivity index (χ1v) is 11.9. The molecule has 4 heteroatoms. The molecule has 4 rings (SSSR count). The molecule has 0 amide bonds. The third kappa shape index (κ3) is 6.17. The van der Waals surface area contributed by atoms with Gasteiger partial charge in [-0.3, -0.25) is 0 Å². The molecule has 0 aliphatic heterocycles. The maximum atomic E-state index is 14.9. The molecule has 2 aliphatic carbocycles. The second kappa shape index (κ2) is 10.6. The number of hydrogen-bond acceptors (Lipinski definition) is 2. The van der Waals surface area contributed by atoms with Crippen molar-refractivity contribution in [3.8, 4) is 6.07 Å². The lowest BCUT2D eigenvalue weighted by molar-refractivity contribution is 0.226. The standard InChI is InChI=1S/C26H33F2N.C2H3N/c1-3-22(29(2)18-13-20-7-5-4-6-8-20)11-9-21-10-12-23(25(27)14-15-25)24(19-21)26(28)16-17-26;1-2-3/h4-8,10,12,19,22H,3,9,11,13-18H2,1-2H3;1H3. The van der Waals surface area contributed by atoms with Crippen LogP contribution in [0.25, 0.3) is 0 Å². The lowest BCUT2D eigenvalue weighted by atomic mass is 9.92. The average molecular weight is 439 g/mol. The number of hydrogen-bond donors (Lipinski definition) is 0. The molecule has 32 heavy (non-hydrogen) atoms. The summed E-state index contributed by atoms with van der Waals surface area (Å²) >= 11 is 0.